The smallest absolute Gasteiger partial charge is 0.213 e. The molecular formula is C15H26N2O. The van der Waals surface area contributed by atoms with E-state index in [9.17, 15) is 0 Å². The molecule has 0 radical (unpaired) electrons. The second-order valence-corrected chi connectivity index (χ2v) is 5.68. The van der Waals surface area contributed by atoms with Gasteiger partial charge in [-0.3, -0.25) is 0 Å². The van der Waals surface area contributed by atoms with Crippen molar-refractivity contribution in [1.29, 1.82) is 0 Å². The number of hydrogen-bond acceptors (Lipinski definition) is 3. The molecule has 0 saturated heterocycles. The summed E-state index contributed by atoms with van der Waals surface area (Å²) in [6, 6.07) is 4.14. The van der Waals surface area contributed by atoms with Crippen molar-refractivity contribution in [2.24, 2.45) is 11.8 Å². The van der Waals surface area contributed by atoms with Gasteiger partial charge in [0.2, 0.25) is 5.88 Å². The van der Waals surface area contributed by atoms with Crippen LogP contribution in [0.2, 0.25) is 0 Å². The average Bonchev–Trinajstić information content (AvgIpc) is 2.25. The number of nitrogens with one attached hydrogen (secondary N) is 1. The maximum absolute atomic E-state index is 5.68. The molecule has 0 fully saturated rings. The van der Waals surface area contributed by atoms with Crippen LogP contribution in [-0.2, 0) is 6.54 Å². The first-order chi connectivity index (χ1) is 8.47. The average molecular weight is 250 g/mol. The van der Waals surface area contributed by atoms with Gasteiger partial charge in [0.05, 0.1) is 6.61 Å². The third-order valence-corrected chi connectivity index (χ3v) is 2.44. The van der Waals surface area contributed by atoms with Crippen molar-refractivity contribution < 1.29 is 4.74 Å². The Hall–Kier alpha value is -1.09. The first-order valence-electron chi connectivity index (χ1n) is 6.78. The minimum Gasteiger partial charge on any atom is -0.477 e. The molecular weight excluding hydrogens is 224 g/mol. The Labute approximate surface area is 111 Å². The summed E-state index contributed by atoms with van der Waals surface area (Å²) in [5.74, 6) is 1.93. The molecule has 0 amide bonds. The molecule has 1 rings (SSSR count). The number of ether oxygens (including phenoxy) is 1. The SMILES string of the molecule is Cc1cc(CNCC(C)C)cc(OCC(C)C)n1. The van der Waals surface area contributed by atoms with Gasteiger partial charge in [-0.15, -0.1) is 0 Å². The number of aromatic nitrogens is 1. The van der Waals surface area contributed by atoms with E-state index < -0.39 is 0 Å². The third kappa shape index (κ3) is 6.01. The largest absolute Gasteiger partial charge is 0.477 e. The number of pyridine rings is 1. The van der Waals surface area contributed by atoms with Gasteiger partial charge in [-0.25, -0.2) is 4.98 Å². The molecule has 0 atom stereocenters. The molecule has 0 saturated carbocycles. The van der Waals surface area contributed by atoms with E-state index in [1.54, 1.807) is 0 Å². The van der Waals surface area contributed by atoms with Crippen LogP contribution in [0.25, 0.3) is 0 Å². The predicted octanol–water partition coefficient (Wildman–Crippen LogP) is 3.17. The van der Waals surface area contributed by atoms with Crippen molar-refractivity contribution in [3.05, 3.63) is 23.4 Å². The van der Waals surface area contributed by atoms with Gasteiger partial charge >= 0.3 is 0 Å². The van der Waals surface area contributed by atoms with Crippen LogP contribution >= 0.6 is 0 Å². The van der Waals surface area contributed by atoms with Gasteiger partial charge in [-0.05, 0) is 36.9 Å². The van der Waals surface area contributed by atoms with Crippen LogP contribution in [0.1, 0.15) is 39.0 Å². The molecule has 1 N–H and O–H groups in total. The minimum absolute atomic E-state index is 0.523. The summed E-state index contributed by atoms with van der Waals surface area (Å²) in [6.45, 7) is 13.3. The Kier molecular flexibility index (Phi) is 6.13. The summed E-state index contributed by atoms with van der Waals surface area (Å²) in [5.41, 5.74) is 2.25. The van der Waals surface area contributed by atoms with E-state index in [1.807, 2.05) is 13.0 Å². The summed E-state index contributed by atoms with van der Waals surface area (Å²) < 4.78 is 5.68. The van der Waals surface area contributed by atoms with Crippen molar-refractivity contribution in [3.63, 3.8) is 0 Å². The van der Waals surface area contributed by atoms with E-state index in [0.29, 0.717) is 11.8 Å². The third-order valence-electron chi connectivity index (χ3n) is 2.44. The first kappa shape index (κ1) is 15.0. The molecule has 0 aromatic carbocycles. The number of hydrogen-bond donors (Lipinski definition) is 1. The standard InChI is InChI=1S/C15H26N2O/c1-11(2)8-16-9-14-6-13(5)17-15(7-14)18-10-12(3)4/h6-7,11-12,16H,8-10H2,1-5H3. The van der Waals surface area contributed by atoms with E-state index in [1.165, 1.54) is 5.56 Å². The van der Waals surface area contributed by atoms with Crippen molar-refractivity contribution in [2.75, 3.05) is 13.2 Å². The molecule has 1 aromatic heterocycles. The highest BCUT2D eigenvalue weighted by Crippen LogP contribution is 2.13. The normalized spacial score (nSPS) is 11.3. The molecule has 0 unspecified atom stereocenters. The fourth-order valence-corrected chi connectivity index (χ4v) is 1.64. The highest BCUT2D eigenvalue weighted by molar-refractivity contribution is 5.24. The zero-order valence-electron chi connectivity index (χ0n) is 12.3. The summed E-state index contributed by atoms with van der Waals surface area (Å²) in [7, 11) is 0. The van der Waals surface area contributed by atoms with Crippen molar-refractivity contribution in [2.45, 2.75) is 41.2 Å². The Morgan fingerprint density at radius 2 is 1.89 bits per heavy atom. The second kappa shape index (κ2) is 7.37. The molecule has 18 heavy (non-hydrogen) atoms. The molecule has 0 bridgehead atoms. The van der Waals surface area contributed by atoms with Crippen LogP contribution in [0.4, 0.5) is 0 Å². The number of rotatable bonds is 7. The molecule has 102 valence electrons. The van der Waals surface area contributed by atoms with Gasteiger partial charge in [0.25, 0.3) is 0 Å². The van der Waals surface area contributed by atoms with E-state index >= 15 is 0 Å². The quantitative estimate of drug-likeness (QED) is 0.807. The van der Waals surface area contributed by atoms with E-state index in [4.69, 9.17) is 4.74 Å². The summed E-state index contributed by atoms with van der Waals surface area (Å²) in [6.07, 6.45) is 0. The predicted molar refractivity (Wildman–Crippen MR) is 75.9 cm³/mol. The Balaban J connectivity index is 2.57. The molecule has 3 nitrogen and oxygen atoms in total. The molecule has 0 aliphatic carbocycles. The summed E-state index contributed by atoms with van der Waals surface area (Å²) in [5, 5.41) is 3.44. The fourth-order valence-electron chi connectivity index (χ4n) is 1.64. The van der Waals surface area contributed by atoms with Gasteiger partial charge in [-0.2, -0.15) is 0 Å². The molecule has 0 aliphatic heterocycles. The lowest BCUT2D eigenvalue weighted by atomic mass is 10.2. The Morgan fingerprint density at radius 1 is 1.17 bits per heavy atom. The topological polar surface area (TPSA) is 34.1 Å². The van der Waals surface area contributed by atoms with Crippen LogP contribution in [0, 0.1) is 18.8 Å². The van der Waals surface area contributed by atoms with Crippen LogP contribution in [0.3, 0.4) is 0 Å². The first-order valence-corrected chi connectivity index (χ1v) is 6.78. The lowest BCUT2D eigenvalue weighted by Gasteiger charge is -2.11. The number of nitrogens with zero attached hydrogens (tertiary/aromatic N) is 1. The lowest BCUT2D eigenvalue weighted by Crippen LogP contribution is -2.19. The Morgan fingerprint density at radius 3 is 2.50 bits per heavy atom. The van der Waals surface area contributed by atoms with Crippen LogP contribution in [0.15, 0.2) is 12.1 Å². The van der Waals surface area contributed by atoms with Gasteiger partial charge in [0.1, 0.15) is 0 Å². The fraction of sp³-hybridized carbons (Fsp3) is 0.667. The molecule has 0 aliphatic rings. The second-order valence-electron chi connectivity index (χ2n) is 5.68. The molecule has 1 aromatic rings. The van der Waals surface area contributed by atoms with Crippen LogP contribution < -0.4 is 10.1 Å². The Bertz CT molecular complexity index is 362. The van der Waals surface area contributed by atoms with Gasteiger partial charge in [0.15, 0.2) is 0 Å². The summed E-state index contributed by atoms with van der Waals surface area (Å²) >= 11 is 0. The van der Waals surface area contributed by atoms with Crippen molar-refractivity contribution >= 4 is 0 Å². The molecule has 0 spiro atoms. The number of aryl methyl sites for hydroxylation is 1. The maximum Gasteiger partial charge on any atom is 0.213 e. The molecule has 1 heterocycles. The van der Waals surface area contributed by atoms with Crippen LogP contribution in [-0.4, -0.2) is 18.1 Å². The van der Waals surface area contributed by atoms with E-state index in [-0.39, 0.29) is 0 Å². The monoisotopic (exact) mass is 250 g/mol. The lowest BCUT2D eigenvalue weighted by molar-refractivity contribution is 0.260. The molecule has 3 heteroatoms. The van der Waals surface area contributed by atoms with Crippen LogP contribution in [0.5, 0.6) is 5.88 Å². The van der Waals surface area contributed by atoms with Gasteiger partial charge < -0.3 is 10.1 Å². The van der Waals surface area contributed by atoms with E-state index in [0.717, 1.165) is 31.3 Å². The highest BCUT2D eigenvalue weighted by atomic mass is 16.5. The summed E-state index contributed by atoms with van der Waals surface area (Å²) in [4.78, 5) is 4.40. The minimum atomic E-state index is 0.523. The van der Waals surface area contributed by atoms with E-state index in [2.05, 4.69) is 44.1 Å². The van der Waals surface area contributed by atoms with Gasteiger partial charge in [0, 0.05) is 18.3 Å². The van der Waals surface area contributed by atoms with Crippen molar-refractivity contribution in [1.82, 2.24) is 10.3 Å². The van der Waals surface area contributed by atoms with Crippen molar-refractivity contribution in [3.8, 4) is 5.88 Å². The maximum atomic E-state index is 5.68. The van der Waals surface area contributed by atoms with Gasteiger partial charge in [-0.1, -0.05) is 27.7 Å². The zero-order chi connectivity index (χ0) is 13.5. The highest BCUT2D eigenvalue weighted by Gasteiger charge is 2.03. The zero-order valence-corrected chi connectivity index (χ0v) is 12.3.